The van der Waals surface area contributed by atoms with Crippen LogP contribution in [0.1, 0.15) is 37.3 Å². The molecule has 7 nitrogen and oxygen atoms in total. The third-order valence-corrected chi connectivity index (χ3v) is 6.75. The Kier molecular flexibility index (Phi) is 8.21. The van der Waals surface area contributed by atoms with E-state index in [0.717, 1.165) is 25.1 Å². The monoisotopic (exact) mass is 478 g/mol. The van der Waals surface area contributed by atoms with Crippen LogP contribution in [0.3, 0.4) is 0 Å². The van der Waals surface area contributed by atoms with Crippen LogP contribution in [0.4, 0.5) is 0 Å². The summed E-state index contributed by atoms with van der Waals surface area (Å²) in [5, 5.41) is 11.3. The fourth-order valence-electron chi connectivity index (χ4n) is 4.77. The summed E-state index contributed by atoms with van der Waals surface area (Å²) in [5.41, 5.74) is 1.66. The van der Waals surface area contributed by atoms with Gasteiger partial charge in [0, 0.05) is 37.7 Å². The lowest BCUT2D eigenvalue weighted by Crippen LogP contribution is -2.45. The molecule has 186 valence electrons. The molecule has 2 saturated heterocycles. The van der Waals surface area contributed by atoms with Crippen LogP contribution < -0.4 is 4.74 Å². The number of carbonyl (C=O) groups is 2. The summed E-state index contributed by atoms with van der Waals surface area (Å²) in [5.74, 6) is -0.824. The number of benzene rings is 2. The molecule has 2 heterocycles. The number of hydrogen-bond acceptors (Lipinski definition) is 6. The van der Waals surface area contributed by atoms with Crippen LogP contribution >= 0.6 is 0 Å². The number of morpholine rings is 1. The number of amides is 1. The van der Waals surface area contributed by atoms with E-state index >= 15 is 0 Å². The number of aliphatic hydroxyl groups is 1. The number of ketones is 1. The fraction of sp³-hybridized carbons (Fsp3) is 0.429. The van der Waals surface area contributed by atoms with Gasteiger partial charge in [0.05, 0.1) is 31.4 Å². The number of aliphatic hydroxyl groups excluding tert-OH is 1. The highest BCUT2D eigenvalue weighted by atomic mass is 16.5. The van der Waals surface area contributed by atoms with Crippen molar-refractivity contribution in [3.8, 4) is 5.75 Å². The number of hydrogen-bond donors (Lipinski definition) is 1. The van der Waals surface area contributed by atoms with Crippen LogP contribution in [0, 0.1) is 0 Å². The molecule has 0 aliphatic carbocycles. The third kappa shape index (κ3) is 5.57. The first kappa shape index (κ1) is 24.9. The molecule has 2 aromatic carbocycles. The van der Waals surface area contributed by atoms with Gasteiger partial charge >= 0.3 is 0 Å². The van der Waals surface area contributed by atoms with E-state index < -0.39 is 17.7 Å². The Bertz CT molecular complexity index is 1040. The van der Waals surface area contributed by atoms with E-state index in [1.165, 1.54) is 0 Å². The lowest BCUT2D eigenvalue weighted by Gasteiger charge is -2.33. The Morgan fingerprint density at radius 2 is 1.74 bits per heavy atom. The summed E-state index contributed by atoms with van der Waals surface area (Å²) >= 11 is 0. The van der Waals surface area contributed by atoms with Gasteiger partial charge in [-0.05, 0) is 36.2 Å². The number of ether oxygens (including phenoxy) is 2. The van der Waals surface area contributed by atoms with Gasteiger partial charge < -0.3 is 19.5 Å². The van der Waals surface area contributed by atoms with Crippen molar-refractivity contribution in [1.29, 1.82) is 0 Å². The molecule has 4 rings (SSSR count). The minimum Gasteiger partial charge on any atom is -0.507 e. The van der Waals surface area contributed by atoms with Crippen LogP contribution in [0.15, 0.2) is 60.2 Å². The molecule has 2 aliphatic heterocycles. The van der Waals surface area contributed by atoms with Gasteiger partial charge in [0.25, 0.3) is 11.7 Å². The standard InChI is InChI=1S/C28H34N2O5/c1-3-17-35-23-11-9-22(10-12-23)26(31)24-25(20(2)21-7-5-4-6-8-21)30(28(33)27(24)32)14-13-29-15-18-34-19-16-29/h4-12,20,25,31H,3,13-19H2,1-2H3/b26-24+. The Labute approximate surface area is 206 Å². The maximum Gasteiger partial charge on any atom is 0.295 e. The molecule has 2 atom stereocenters. The molecular weight excluding hydrogens is 444 g/mol. The topological polar surface area (TPSA) is 79.3 Å². The number of rotatable bonds is 9. The van der Waals surface area contributed by atoms with Gasteiger partial charge in [-0.2, -0.15) is 0 Å². The Morgan fingerprint density at radius 3 is 2.40 bits per heavy atom. The van der Waals surface area contributed by atoms with E-state index in [0.29, 0.717) is 44.2 Å². The van der Waals surface area contributed by atoms with Gasteiger partial charge in [0.2, 0.25) is 0 Å². The molecule has 0 aromatic heterocycles. The second-order valence-corrected chi connectivity index (χ2v) is 9.06. The SMILES string of the molecule is CCCOc1ccc(/C(O)=C2\C(=O)C(=O)N(CCN3CCOCC3)C2C(C)c2ccccc2)cc1. The number of Topliss-reactive ketones (excluding diaryl/α,β-unsaturated/α-hetero) is 1. The molecule has 0 bridgehead atoms. The first-order valence-corrected chi connectivity index (χ1v) is 12.4. The predicted molar refractivity (Wildman–Crippen MR) is 134 cm³/mol. The van der Waals surface area contributed by atoms with Crippen molar-refractivity contribution in [3.63, 3.8) is 0 Å². The lowest BCUT2D eigenvalue weighted by molar-refractivity contribution is -0.140. The van der Waals surface area contributed by atoms with Crippen molar-refractivity contribution in [2.75, 3.05) is 46.0 Å². The Balaban J connectivity index is 1.67. The van der Waals surface area contributed by atoms with Gasteiger partial charge in [-0.25, -0.2) is 0 Å². The van der Waals surface area contributed by atoms with E-state index in [9.17, 15) is 14.7 Å². The summed E-state index contributed by atoms with van der Waals surface area (Å²) in [6.07, 6.45) is 0.896. The molecule has 0 radical (unpaired) electrons. The molecule has 2 unspecified atom stereocenters. The highest BCUT2D eigenvalue weighted by molar-refractivity contribution is 6.46. The maximum atomic E-state index is 13.3. The largest absolute Gasteiger partial charge is 0.507 e. The van der Waals surface area contributed by atoms with Crippen molar-refractivity contribution in [3.05, 3.63) is 71.3 Å². The minimum absolute atomic E-state index is 0.146. The zero-order chi connectivity index (χ0) is 24.8. The van der Waals surface area contributed by atoms with Gasteiger partial charge in [-0.15, -0.1) is 0 Å². The second kappa shape index (κ2) is 11.5. The van der Waals surface area contributed by atoms with Gasteiger partial charge in [-0.1, -0.05) is 44.2 Å². The second-order valence-electron chi connectivity index (χ2n) is 9.06. The minimum atomic E-state index is -0.636. The summed E-state index contributed by atoms with van der Waals surface area (Å²) in [6.45, 7) is 8.64. The van der Waals surface area contributed by atoms with Crippen LogP contribution in [0.2, 0.25) is 0 Å². The fourth-order valence-corrected chi connectivity index (χ4v) is 4.77. The molecule has 1 N–H and O–H groups in total. The average molecular weight is 479 g/mol. The highest BCUT2D eigenvalue weighted by Crippen LogP contribution is 2.37. The normalized spacial score (nSPS) is 21.3. The molecule has 2 fully saturated rings. The summed E-state index contributed by atoms with van der Waals surface area (Å²) in [7, 11) is 0. The van der Waals surface area contributed by atoms with Crippen molar-refractivity contribution in [2.24, 2.45) is 0 Å². The van der Waals surface area contributed by atoms with E-state index in [1.807, 2.05) is 44.2 Å². The molecular formula is C28H34N2O5. The van der Waals surface area contributed by atoms with E-state index in [2.05, 4.69) is 4.90 Å². The summed E-state index contributed by atoms with van der Waals surface area (Å²) < 4.78 is 11.1. The zero-order valence-electron chi connectivity index (χ0n) is 20.5. The first-order chi connectivity index (χ1) is 17.0. The van der Waals surface area contributed by atoms with Crippen LogP contribution in [-0.4, -0.2) is 78.6 Å². The smallest absolute Gasteiger partial charge is 0.295 e. The highest BCUT2D eigenvalue weighted by Gasteiger charge is 2.47. The van der Waals surface area contributed by atoms with E-state index in [4.69, 9.17) is 9.47 Å². The first-order valence-electron chi connectivity index (χ1n) is 12.4. The van der Waals surface area contributed by atoms with E-state index in [-0.39, 0.29) is 17.3 Å². The van der Waals surface area contributed by atoms with Crippen molar-refractivity contribution >= 4 is 17.4 Å². The van der Waals surface area contributed by atoms with Gasteiger partial charge in [-0.3, -0.25) is 14.5 Å². The van der Waals surface area contributed by atoms with Gasteiger partial charge in [0.1, 0.15) is 11.5 Å². The van der Waals surface area contributed by atoms with Crippen molar-refractivity contribution < 1.29 is 24.2 Å². The maximum absolute atomic E-state index is 13.3. The summed E-state index contributed by atoms with van der Waals surface area (Å²) in [6, 6.07) is 16.3. The quantitative estimate of drug-likeness (QED) is 0.337. The molecule has 35 heavy (non-hydrogen) atoms. The molecule has 2 aromatic rings. The molecule has 0 saturated carbocycles. The summed E-state index contributed by atoms with van der Waals surface area (Å²) in [4.78, 5) is 30.4. The zero-order valence-corrected chi connectivity index (χ0v) is 20.5. The van der Waals surface area contributed by atoms with Crippen molar-refractivity contribution in [2.45, 2.75) is 32.2 Å². The number of nitrogens with zero attached hydrogens (tertiary/aromatic N) is 2. The lowest BCUT2D eigenvalue weighted by atomic mass is 9.87. The number of likely N-dealkylation sites (tertiary alicyclic amines) is 1. The molecule has 2 aliphatic rings. The Hall–Kier alpha value is -3.16. The van der Waals surface area contributed by atoms with Crippen LogP contribution in [0.25, 0.3) is 5.76 Å². The number of carbonyl (C=O) groups excluding carboxylic acids is 2. The van der Waals surface area contributed by atoms with Crippen LogP contribution in [-0.2, 0) is 14.3 Å². The Morgan fingerprint density at radius 1 is 1.06 bits per heavy atom. The molecule has 7 heteroatoms. The predicted octanol–water partition coefficient (Wildman–Crippen LogP) is 3.66. The van der Waals surface area contributed by atoms with Gasteiger partial charge in [0.15, 0.2) is 0 Å². The third-order valence-electron chi connectivity index (χ3n) is 6.75. The van der Waals surface area contributed by atoms with Crippen LogP contribution in [0.5, 0.6) is 5.75 Å². The molecule has 0 spiro atoms. The van der Waals surface area contributed by atoms with E-state index in [1.54, 1.807) is 29.2 Å². The average Bonchev–Trinajstić information content (AvgIpc) is 3.16. The van der Waals surface area contributed by atoms with Crippen molar-refractivity contribution in [1.82, 2.24) is 9.80 Å². The molecule has 1 amide bonds.